The molecule has 0 bridgehead atoms. The van der Waals surface area contributed by atoms with Gasteiger partial charge in [-0.15, -0.1) is 0 Å². The molecule has 2 aromatic rings. The highest BCUT2D eigenvalue weighted by Gasteiger charge is 2.45. The summed E-state index contributed by atoms with van der Waals surface area (Å²) in [6.07, 6.45) is 2.32. The van der Waals surface area contributed by atoms with Crippen molar-refractivity contribution in [2.75, 3.05) is 38.5 Å². The van der Waals surface area contributed by atoms with Crippen molar-refractivity contribution in [3.05, 3.63) is 12.7 Å². The highest BCUT2D eigenvalue weighted by atomic mass is 16.6. The minimum Gasteiger partial charge on any atom is -0.480 e. The molecule has 2 aliphatic heterocycles. The van der Waals surface area contributed by atoms with Gasteiger partial charge in [-0.25, -0.2) is 15.0 Å². The van der Waals surface area contributed by atoms with Crippen LogP contribution in [0.25, 0.3) is 11.2 Å². The van der Waals surface area contributed by atoms with Crippen molar-refractivity contribution >= 4 is 23.0 Å². The van der Waals surface area contributed by atoms with E-state index in [2.05, 4.69) is 25.2 Å². The normalized spacial score (nSPS) is 28.5. The number of aliphatic carboxylic acids is 1. The second-order valence-corrected chi connectivity index (χ2v) is 9.16. The zero-order valence-corrected chi connectivity index (χ0v) is 19.0. The standard InChI is InChI=1S/C21H34N8O5/c22-13(21(32)33)4-7-28(6-3-12-2-1-5-24-8-12)9-14-16(30)17(31)20(34-14)29-11-27-15-18(23)25-10-26-19(15)29/h10-14,16-17,20,24,30-31H,1-9,22H2,(H,32,33)(H2,23,25,26)/t12?,13?,14-,16-,17-,20-/m1/s1. The second kappa shape index (κ2) is 10.9. The van der Waals surface area contributed by atoms with Crippen molar-refractivity contribution in [2.24, 2.45) is 11.7 Å². The van der Waals surface area contributed by atoms with Gasteiger partial charge in [-0.05, 0) is 51.2 Å². The number of rotatable bonds is 10. The van der Waals surface area contributed by atoms with E-state index in [1.165, 1.54) is 12.7 Å². The topological polar surface area (TPSA) is 198 Å². The van der Waals surface area contributed by atoms with E-state index >= 15 is 0 Å². The van der Waals surface area contributed by atoms with Gasteiger partial charge in [0.05, 0.1) is 6.33 Å². The van der Waals surface area contributed by atoms with E-state index < -0.39 is 36.6 Å². The number of carboxylic acid groups (broad SMARTS) is 1. The molecule has 2 aromatic heterocycles. The van der Waals surface area contributed by atoms with Crippen LogP contribution < -0.4 is 16.8 Å². The number of nitrogens with two attached hydrogens (primary N) is 2. The first-order chi connectivity index (χ1) is 16.3. The SMILES string of the molecule is Nc1ncnc2c1ncn2[C@@H]1O[C@H](CN(CCC2CCCNC2)CCC(N)C(=O)O)[C@@H](O)[C@H]1O. The number of aromatic nitrogens is 4. The van der Waals surface area contributed by atoms with E-state index in [0.717, 1.165) is 32.4 Å². The van der Waals surface area contributed by atoms with E-state index in [1.54, 1.807) is 4.57 Å². The maximum absolute atomic E-state index is 11.2. The predicted octanol–water partition coefficient (Wildman–Crippen LogP) is -1.48. The van der Waals surface area contributed by atoms with Crippen LogP contribution in [0.5, 0.6) is 0 Å². The molecule has 13 heteroatoms. The average molecular weight is 479 g/mol. The van der Waals surface area contributed by atoms with Crippen LogP contribution in [0, 0.1) is 5.92 Å². The van der Waals surface area contributed by atoms with E-state index in [-0.39, 0.29) is 12.2 Å². The molecule has 6 atom stereocenters. The molecule has 4 rings (SSSR count). The van der Waals surface area contributed by atoms with E-state index in [9.17, 15) is 15.0 Å². The summed E-state index contributed by atoms with van der Waals surface area (Å²) in [5.41, 5.74) is 12.4. The summed E-state index contributed by atoms with van der Waals surface area (Å²) in [6.45, 7) is 3.48. The van der Waals surface area contributed by atoms with Crippen molar-refractivity contribution < 1.29 is 24.9 Å². The molecule has 4 heterocycles. The zero-order valence-electron chi connectivity index (χ0n) is 19.0. The number of nitrogen functional groups attached to an aromatic ring is 1. The number of nitrogens with zero attached hydrogens (tertiary/aromatic N) is 5. The van der Waals surface area contributed by atoms with E-state index in [0.29, 0.717) is 36.7 Å². The molecule has 0 aliphatic carbocycles. The number of aliphatic hydroxyl groups excluding tert-OH is 2. The van der Waals surface area contributed by atoms with Crippen LogP contribution in [-0.4, -0.2) is 103 Å². The molecule has 0 spiro atoms. The van der Waals surface area contributed by atoms with E-state index in [4.69, 9.17) is 21.3 Å². The Morgan fingerprint density at radius 1 is 1.29 bits per heavy atom. The molecule has 8 N–H and O–H groups in total. The van der Waals surface area contributed by atoms with Crippen LogP contribution in [-0.2, 0) is 9.53 Å². The molecule has 13 nitrogen and oxygen atoms in total. The van der Waals surface area contributed by atoms with Crippen LogP contribution >= 0.6 is 0 Å². The van der Waals surface area contributed by atoms with E-state index in [1.807, 2.05) is 0 Å². The molecule has 2 fully saturated rings. The van der Waals surface area contributed by atoms with Crippen LogP contribution in [0.15, 0.2) is 12.7 Å². The summed E-state index contributed by atoms with van der Waals surface area (Å²) in [5.74, 6) is -0.289. The number of hydrogen-bond acceptors (Lipinski definition) is 11. The number of carboxylic acids is 1. The van der Waals surface area contributed by atoms with Gasteiger partial charge >= 0.3 is 5.97 Å². The maximum atomic E-state index is 11.2. The van der Waals surface area contributed by atoms with Crippen molar-refractivity contribution in [3.8, 4) is 0 Å². The quantitative estimate of drug-likeness (QED) is 0.232. The molecular weight excluding hydrogens is 444 g/mol. The lowest BCUT2D eigenvalue weighted by Crippen LogP contribution is -2.43. The summed E-state index contributed by atoms with van der Waals surface area (Å²) in [5, 5.41) is 34.1. The highest BCUT2D eigenvalue weighted by molar-refractivity contribution is 5.81. The van der Waals surface area contributed by atoms with Gasteiger partial charge in [-0.1, -0.05) is 0 Å². The first-order valence-corrected chi connectivity index (χ1v) is 11.7. The summed E-state index contributed by atoms with van der Waals surface area (Å²) in [7, 11) is 0. The molecular formula is C21H34N8O5. The third kappa shape index (κ3) is 5.45. The lowest BCUT2D eigenvalue weighted by atomic mass is 9.96. The Kier molecular flexibility index (Phi) is 7.91. The Morgan fingerprint density at radius 2 is 2.12 bits per heavy atom. The Labute approximate surface area is 197 Å². The molecule has 0 radical (unpaired) electrons. The minimum absolute atomic E-state index is 0.214. The van der Waals surface area contributed by atoms with Gasteiger partial charge in [0.25, 0.3) is 0 Å². The minimum atomic E-state index is -1.20. The lowest BCUT2D eigenvalue weighted by Gasteiger charge is -2.30. The monoisotopic (exact) mass is 478 g/mol. The fourth-order valence-electron chi connectivity index (χ4n) is 4.70. The van der Waals surface area contributed by atoms with Gasteiger partial charge in [0.1, 0.15) is 36.2 Å². The van der Waals surface area contributed by atoms with Crippen molar-refractivity contribution in [1.82, 2.24) is 29.7 Å². The smallest absolute Gasteiger partial charge is 0.320 e. The van der Waals surface area contributed by atoms with Gasteiger partial charge in [-0.2, -0.15) is 0 Å². The first kappa shape index (κ1) is 24.7. The molecule has 0 saturated carbocycles. The van der Waals surface area contributed by atoms with Crippen LogP contribution in [0.1, 0.15) is 31.9 Å². The van der Waals surface area contributed by atoms with Gasteiger partial charge in [-0.3, -0.25) is 9.36 Å². The van der Waals surface area contributed by atoms with Crippen molar-refractivity contribution in [3.63, 3.8) is 0 Å². The molecule has 2 aliphatic rings. The number of piperidine rings is 1. The van der Waals surface area contributed by atoms with Gasteiger partial charge < -0.3 is 41.7 Å². The molecule has 0 amide bonds. The van der Waals surface area contributed by atoms with Crippen molar-refractivity contribution in [1.29, 1.82) is 0 Å². The number of carbonyl (C=O) groups is 1. The number of anilines is 1. The van der Waals surface area contributed by atoms with Crippen molar-refractivity contribution in [2.45, 2.75) is 56.3 Å². The molecule has 34 heavy (non-hydrogen) atoms. The lowest BCUT2D eigenvalue weighted by molar-refractivity contribution is -0.138. The fraction of sp³-hybridized carbons (Fsp3) is 0.714. The Bertz CT molecular complexity index is 968. The molecule has 2 saturated heterocycles. The average Bonchev–Trinajstić information content (AvgIpc) is 3.38. The summed E-state index contributed by atoms with van der Waals surface area (Å²) in [4.78, 5) is 25.6. The highest BCUT2D eigenvalue weighted by Crippen LogP contribution is 2.32. The number of imidazole rings is 1. The molecule has 0 aromatic carbocycles. The van der Waals surface area contributed by atoms with Crippen LogP contribution in [0.3, 0.4) is 0 Å². The largest absolute Gasteiger partial charge is 0.480 e. The van der Waals surface area contributed by atoms with Gasteiger partial charge in [0.15, 0.2) is 17.7 Å². The summed E-state index contributed by atoms with van der Waals surface area (Å²) < 4.78 is 7.62. The van der Waals surface area contributed by atoms with Crippen LogP contribution in [0.4, 0.5) is 5.82 Å². The summed E-state index contributed by atoms with van der Waals surface area (Å²) in [6, 6.07) is -0.964. The fourth-order valence-corrected chi connectivity index (χ4v) is 4.70. The van der Waals surface area contributed by atoms with Crippen LogP contribution in [0.2, 0.25) is 0 Å². The third-order valence-corrected chi connectivity index (χ3v) is 6.76. The molecule has 188 valence electrons. The second-order valence-electron chi connectivity index (χ2n) is 9.16. The maximum Gasteiger partial charge on any atom is 0.320 e. The number of hydrogen-bond donors (Lipinski definition) is 6. The predicted molar refractivity (Wildman–Crippen MR) is 123 cm³/mol. The number of aliphatic hydroxyl groups is 2. The third-order valence-electron chi connectivity index (χ3n) is 6.76. The van der Waals surface area contributed by atoms with Gasteiger partial charge in [0.2, 0.25) is 0 Å². The van der Waals surface area contributed by atoms with Gasteiger partial charge in [0, 0.05) is 13.1 Å². The first-order valence-electron chi connectivity index (χ1n) is 11.7. The Hall–Kier alpha value is -2.42. The molecule has 2 unspecified atom stereocenters. The number of nitrogens with one attached hydrogen (secondary N) is 1. The number of fused-ring (bicyclic) bond motifs is 1. The Balaban J connectivity index is 1.44. The zero-order chi connectivity index (χ0) is 24.2. The summed E-state index contributed by atoms with van der Waals surface area (Å²) >= 11 is 0. The Morgan fingerprint density at radius 3 is 2.85 bits per heavy atom. The number of ether oxygens (including phenoxy) is 1.